The second kappa shape index (κ2) is 6.25. The minimum Gasteiger partial charge on any atom is -0.258 e. The van der Waals surface area contributed by atoms with Crippen molar-refractivity contribution < 1.29 is 19.7 Å². The standard InChI is InChI=1S/C20H8N4O8/c25-21(26)13-8-7-11-10-5-1-3-9-4-2-6-12(14(9)10)16-15(11)17(13)19(23(29)30)20(24(31)32)18(16)22(27)28/h1-8H. The first kappa shape index (κ1) is 19.0. The molecule has 0 aliphatic carbocycles. The molecule has 0 unspecified atom stereocenters. The van der Waals surface area contributed by atoms with Crippen LogP contribution in [0.25, 0.3) is 43.1 Å². The molecule has 156 valence electrons. The zero-order valence-electron chi connectivity index (χ0n) is 15.7. The molecule has 0 saturated carbocycles. The second-order valence-corrected chi connectivity index (χ2v) is 7.04. The van der Waals surface area contributed by atoms with Crippen molar-refractivity contribution in [1.29, 1.82) is 0 Å². The molecule has 5 rings (SSSR count). The molecule has 0 atom stereocenters. The highest BCUT2D eigenvalue weighted by atomic mass is 16.7. The fourth-order valence-corrected chi connectivity index (χ4v) is 4.50. The van der Waals surface area contributed by atoms with Crippen LogP contribution in [0.15, 0.2) is 48.5 Å². The molecule has 0 N–H and O–H groups in total. The van der Waals surface area contributed by atoms with Crippen molar-refractivity contribution in [3.05, 3.63) is 89.0 Å². The Morgan fingerprint density at radius 1 is 0.469 bits per heavy atom. The molecular formula is C20H8N4O8. The molecule has 0 aliphatic rings. The minimum absolute atomic E-state index is 0.130. The smallest absolute Gasteiger partial charge is 0.258 e. The van der Waals surface area contributed by atoms with Gasteiger partial charge in [-0.15, -0.1) is 0 Å². The van der Waals surface area contributed by atoms with Gasteiger partial charge in [-0.1, -0.05) is 36.4 Å². The van der Waals surface area contributed by atoms with E-state index in [0.29, 0.717) is 16.2 Å². The van der Waals surface area contributed by atoms with Gasteiger partial charge in [0.15, 0.2) is 0 Å². The van der Waals surface area contributed by atoms with Crippen LogP contribution in [-0.2, 0) is 0 Å². The van der Waals surface area contributed by atoms with E-state index in [4.69, 9.17) is 0 Å². The molecule has 0 saturated heterocycles. The summed E-state index contributed by atoms with van der Waals surface area (Å²) in [6.07, 6.45) is 0. The Hall–Kier alpha value is -5.00. The molecule has 0 aromatic heterocycles. The molecule has 0 fully saturated rings. The van der Waals surface area contributed by atoms with E-state index in [9.17, 15) is 40.5 Å². The van der Waals surface area contributed by atoms with E-state index in [-0.39, 0.29) is 21.5 Å². The summed E-state index contributed by atoms with van der Waals surface area (Å²) >= 11 is 0. The molecule has 12 heteroatoms. The predicted octanol–water partition coefficient (Wildman–Crippen LogP) is 5.37. The Labute approximate surface area is 175 Å². The number of nitro groups is 4. The van der Waals surface area contributed by atoms with Gasteiger partial charge >= 0.3 is 17.1 Å². The van der Waals surface area contributed by atoms with Crippen molar-refractivity contribution in [3.8, 4) is 0 Å². The van der Waals surface area contributed by atoms with Crippen molar-refractivity contribution >= 4 is 65.8 Å². The largest absolute Gasteiger partial charge is 0.423 e. The average molecular weight is 432 g/mol. The molecule has 0 spiro atoms. The number of hydrogen-bond donors (Lipinski definition) is 0. The summed E-state index contributed by atoms with van der Waals surface area (Å²) in [5, 5.41) is 48.9. The first-order valence-corrected chi connectivity index (χ1v) is 9.00. The lowest BCUT2D eigenvalue weighted by Gasteiger charge is -2.14. The van der Waals surface area contributed by atoms with Gasteiger partial charge in [0.2, 0.25) is 0 Å². The zero-order chi connectivity index (χ0) is 22.9. The van der Waals surface area contributed by atoms with Crippen LogP contribution >= 0.6 is 0 Å². The third-order valence-corrected chi connectivity index (χ3v) is 5.56. The summed E-state index contributed by atoms with van der Waals surface area (Å²) in [7, 11) is 0. The van der Waals surface area contributed by atoms with Gasteiger partial charge in [0, 0.05) is 11.5 Å². The highest BCUT2D eigenvalue weighted by Gasteiger charge is 2.44. The highest BCUT2D eigenvalue weighted by Crippen LogP contribution is 2.54. The van der Waals surface area contributed by atoms with Gasteiger partial charge in [-0.3, -0.25) is 40.5 Å². The van der Waals surface area contributed by atoms with E-state index in [0.717, 1.165) is 6.07 Å². The fraction of sp³-hybridized carbons (Fsp3) is 0. The Bertz CT molecular complexity index is 1690. The molecule has 32 heavy (non-hydrogen) atoms. The van der Waals surface area contributed by atoms with Gasteiger partial charge in [-0.25, -0.2) is 0 Å². The van der Waals surface area contributed by atoms with Gasteiger partial charge in [0.25, 0.3) is 5.69 Å². The van der Waals surface area contributed by atoms with E-state index in [1.165, 1.54) is 12.1 Å². The highest BCUT2D eigenvalue weighted by molar-refractivity contribution is 6.37. The fourth-order valence-electron chi connectivity index (χ4n) is 4.50. The molecular weight excluding hydrogens is 424 g/mol. The first-order chi connectivity index (χ1) is 15.2. The lowest BCUT2D eigenvalue weighted by molar-refractivity contribution is -0.439. The zero-order valence-corrected chi connectivity index (χ0v) is 15.7. The van der Waals surface area contributed by atoms with Crippen LogP contribution in [0.1, 0.15) is 0 Å². The van der Waals surface area contributed by atoms with E-state index in [1.54, 1.807) is 30.3 Å². The van der Waals surface area contributed by atoms with E-state index < -0.39 is 47.8 Å². The van der Waals surface area contributed by atoms with Crippen LogP contribution in [0.3, 0.4) is 0 Å². The number of nitrogens with zero attached hydrogens (tertiary/aromatic N) is 4. The van der Waals surface area contributed by atoms with Gasteiger partial charge in [-0.2, -0.15) is 0 Å². The monoisotopic (exact) mass is 432 g/mol. The summed E-state index contributed by atoms with van der Waals surface area (Å²) in [6.45, 7) is 0. The molecule has 0 amide bonds. The molecule has 0 heterocycles. The van der Waals surface area contributed by atoms with Crippen molar-refractivity contribution in [2.45, 2.75) is 0 Å². The average Bonchev–Trinajstić information content (AvgIpc) is 2.75. The lowest BCUT2D eigenvalue weighted by atomic mass is 9.87. The summed E-state index contributed by atoms with van der Waals surface area (Å²) in [4.78, 5) is 43.2. The molecule has 0 radical (unpaired) electrons. The van der Waals surface area contributed by atoms with E-state index in [1.807, 2.05) is 0 Å². The topological polar surface area (TPSA) is 173 Å². The van der Waals surface area contributed by atoms with E-state index >= 15 is 0 Å². The maximum atomic E-state index is 12.1. The number of benzene rings is 5. The maximum absolute atomic E-state index is 12.1. The first-order valence-electron chi connectivity index (χ1n) is 9.00. The Balaban J connectivity index is 2.33. The normalized spacial score (nSPS) is 11.5. The van der Waals surface area contributed by atoms with Crippen LogP contribution in [0.4, 0.5) is 22.7 Å². The van der Waals surface area contributed by atoms with Crippen LogP contribution in [0.2, 0.25) is 0 Å². The van der Waals surface area contributed by atoms with Crippen molar-refractivity contribution in [3.63, 3.8) is 0 Å². The number of rotatable bonds is 4. The minimum atomic E-state index is -1.39. The van der Waals surface area contributed by atoms with E-state index in [2.05, 4.69) is 0 Å². The van der Waals surface area contributed by atoms with Gasteiger partial charge in [0.1, 0.15) is 5.39 Å². The number of hydrogen-bond acceptors (Lipinski definition) is 8. The predicted molar refractivity (Wildman–Crippen MR) is 114 cm³/mol. The van der Waals surface area contributed by atoms with Crippen LogP contribution in [0.5, 0.6) is 0 Å². The molecule has 0 bridgehead atoms. The Kier molecular flexibility index (Phi) is 3.71. The van der Waals surface area contributed by atoms with Crippen molar-refractivity contribution in [2.24, 2.45) is 0 Å². The maximum Gasteiger partial charge on any atom is 0.423 e. The van der Waals surface area contributed by atoms with Gasteiger partial charge in [-0.05, 0) is 33.0 Å². The summed E-state index contributed by atoms with van der Waals surface area (Å²) in [6, 6.07) is 12.4. The quantitative estimate of drug-likeness (QED) is 0.158. The molecule has 12 nitrogen and oxygen atoms in total. The molecule has 0 aliphatic heterocycles. The van der Waals surface area contributed by atoms with Crippen molar-refractivity contribution in [1.82, 2.24) is 0 Å². The summed E-state index contributed by atoms with van der Waals surface area (Å²) in [5.41, 5.74) is -4.49. The Morgan fingerprint density at radius 3 is 1.56 bits per heavy atom. The second-order valence-electron chi connectivity index (χ2n) is 7.04. The lowest BCUT2D eigenvalue weighted by Crippen LogP contribution is -2.05. The van der Waals surface area contributed by atoms with Crippen LogP contribution in [0, 0.1) is 40.5 Å². The number of fused-ring (bicyclic) bond motifs is 2. The number of non-ortho nitro benzene ring substituents is 1. The number of nitro benzene ring substituents is 4. The Morgan fingerprint density at radius 2 is 1.00 bits per heavy atom. The van der Waals surface area contributed by atoms with Gasteiger partial charge < -0.3 is 0 Å². The summed E-state index contributed by atoms with van der Waals surface area (Å²) in [5.74, 6) is 0. The van der Waals surface area contributed by atoms with Crippen LogP contribution < -0.4 is 0 Å². The van der Waals surface area contributed by atoms with Crippen molar-refractivity contribution in [2.75, 3.05) is 0 Å². The molecule has 5 aromatic rings. The third-order valence-electron chi connectivity index (χ3n) is 5.56. The molecule has 5 aromatic carbocycles. The third kappa shape index (κ3) is 2.25. The van der Waals surface area contributed by atoms with Crippen LogP contribution in [-0.4, -0.2) is 19.7 Å². The SMILES string of the molecule is O=[N+]([O-])c1c([N+](=O)[O-])c2c([N+](=O)[O-])ccc3c4cccc5cccc(c(c1[N+](=O)[O-])c23)c54. The van der Waals surface area contributed by atoms with Gasteiger partial charge in [0.05, 0.1) is 25.1 Å². The summed E-state index contributed by atoms with van der Waals surface area (Å²) < 4.78 is 0.